The Balaban J connectivity index is 1.58. The maximum atomic E-state index is 12.7. The molecule has 0 radical (unpaired) electrons. The molecule has 1 heterocycles. The molecule has 0 saturated heterocycles. The molecule has 3 aromatic carbocycles. The van der Waals surface area contributed by atoms with Gasteiger partial charge in [-0.2, -0.15) is 0 Å². The van der Waals surface area contributed by atoms with E-state index in [1.807, 2.05) is 61.5 Å². The molecule has 2 amide bonds. The molecule has 1 aliphatic rings. The van der Waals surface area contributed by atoms with Gasteiger partial charge in [-0.3, -0.25) is 9.59 Å². The van der Waals surface area contributed by atoms with Crippen LogP contribution in [0.15, 0.2) is 66.7 Å². The van der Waals surface area contributed by atoms with Gasteiger partial charge in [-0.05, 0) is 60.9 Å². The van der Waals surface area contributed by atoms with Crippen LogP contribution in [0.4, 0.5) is 11.4 Å². The van der Waals surface area contributed by atoms with Gasteiger partial charge in [0, 0.05) is 5.69 Å². The first-order chi connectivity index (χ1) is 12.5. The van der Waals surface area contributed by atoms with Crippen LogP contribution in [-0.4, -0.2) is 11.8 Å². The van der Waals surface area contributed by atoms with Gasteiger partial charge in [0.2, 0.25) is 0 Å². The van der Waals surface area contributed by atoms with Gasteiger partial charge in [0.05, 0.1) is 16.8 Å². The van der Waals surface area contributed by atoms with Crippen molar-refractivity contribution >= 4 is 23.2 Å². The third-order valence-corrected chi connectivity index (χ3v) is 4.62. The van der Waals surface area contributed by atoms with Crippen LogP contribution >= 0.6 is 0 Å². The highest BCUT2D eigenvalue weighted by Crippen LogP contribution is 2.29. The third kappa shape index (κ3) is 2.75. The van der Waals surface area contributed by atoms with E-state index in [2.05, 4.69) is 0 Å². The van der Waals surface area contributed by atoms with Gasteiger partial charge in [-0.1, -0.05) is 35.9 Å². The van der Waals surface area contributed by atoms with Crippen molar-refractivity contribution in [1.29, 1.82) is 0 Å². The van der Waals surface area contributed by atoms with E-state index in [4.69, 9.17) is 5.73 Å². The summed E-state index contributed by atoms with van der Waals surface area (Å²) in [5.41, 5.74) is 11.2. The first-order valence-corrected chi connectivity index (χ1v) is 8.46. The number of imide groups is 1. The van der Waals surface area contributed by atoms with Crippen LogP contribution in [0.3, 0.4) is 0 Å². The number of carbonyl (C=O) groups excluding carboxylic acids is 2. The van der Waals surface area contributed by atoms with Crippen LogP contribution < -0.4 is 10.6 Å². The quantitative estimate of drug-likeness (QED) is 0.579. The fourth-order valence-electron chi connectivity index (χ4n) is 3.22. The second-order valence-electron chi connectivity index (χ2n) is 6.58. The van der Waals surface area contributed by atoms with Crippen LogP contribution in [0.1, 0.15) is 37.4 Å². The number of nitrogens with two attached hydrogens (primary N) is 1. The van der Waals surface area contributed by atoms with Crippen molar-refractivity contribution in [2.45, 2.75) is 13.3 Å². The lowest BCUT2D eigenvalue weighted by Gasteiger charge is -2.14. The second kappa shape index (κ2) is 6.15. The summed E-state index contributed by atoms with van der Waals surface area (Å²) in [4.78, 5) is 26.5. The molecule has 0 spiro atoms. The Morgan fingerprint density at radius 3 is 2.00 bits per heavy atom. The van der Waals surface area contributed by atoms with Gasteiger partial charge >= 0.3 is 0 Å². The van der Waals surface area contributed by atoms with Gasteiger partial charge < -0.3 is 5.73 Å². The Morgan fingerprint density at radius 2 is 1.35 bits per heavy atom. The molecule has 0 aromatic heterocycles. The maximum Gasteiger partial charge on any atom is 0.266 e. The van der Waals surface area contributed by atoms with E-state index >= 15 is 0 Å². The van der Waals surface area contributed by atoms with E-state index in [9.17, 15) is 9.59 Å². The lowest BCUT2D eigenvalue weighted by molar-refractivity contribution is 0.0926. The number of aryl methyl sites for hydroxylation is 1. The molecule has 26 heavy (non-hydrogen) atoms. The SMILES string of the molecule is Cc1ccc2c(c1)C(=O)N(c1ccc(Cc3ccc(N)cc3)cc1)C2=O. The summed E-state index contributed by atoms with van der Waals surface area (Å²) in [5.74, 6) is -0.531. The number of carbonyl (C=O) groups is 2. The van der Waals surface area contributed by atoms with Crippen molar-refractivity contribution in [3.8, 4) is 0 Å². The molecule has 0 unspecified atom stereocenters. The first kappa shape index (κ1) is 16.1. The molecule has 0 atom stereocenters. The minimum Gasteiger partial charge on any atom is -0.399 e. The van der Waals surface area contributed by atoms with Crippen LogP contribution in [0, 0.1) is 6.92 Å². The molecule has 0 saturated carbocycles. The zero-order chi connectivity index (χ0) is 18.3. The summed E-state index contributed by atoms with van der Waals surface area (Å²) in [6, 6.07) is 20.6. The number of hydrogen-bond donors (Lipinski definition) is 1. The van der Waals surface area contributed by atoms with Crippen molar-refractivity contribution in [3.63, 3.8) is 0 Å². The Kier molecular flexibility index (Phi) is 3.81. The van der Waals surface area contributed by atoms with E-state index in [0.717, 1.165) is 28.8 Å². The Labute approximate surface area is 151 Å². The van der Waals surface area contributed by atoms with Crippen LogP contribution in [-0.2, 0) is 6.42 Å². The molecule has 3 aromatic rings. The fraction of sp³-hybridized carbons (Fsp3) is 0.0909. The van der Waals surface area contributed by atoms with Gasteiger partial charge in [-0.25, -0.2) is 4.90 Å². The number of hydrogen-bond acceptors (Lipinski definition) is 3. The number of nitrogen functional groups attached to an aromatic ring is 1. The van der Waals surface area contributed by atoms with Crippen molar-refractivity contribution in [3.05, 3.63) is 94.5 Å². The lowest BCUT2D eigenvalue weighted by atomic mass is 10.0. The molecule has 4 heteroatoms. The predicted molar refractivity (Wildman–Crippen MR) is 102 cm³/mol. The highest BCUT2D eigenvalue weighted by molar-refractivity contribution is 6.34. The average Bonchev–Trinajstić information content (AvgIpc) is 2.88. The van der Waals surface area contributed by atoms with Crippen LogP contribution in [0.2, 0.25) is 0 Å². The smallest absolute Gasteiger partial charge is 0.266 e. The molecule has 0 fully saturated rings. The highest BCUT2D eigenvalue weighted by atomic mass is 16.2. The molecule has 4 nitrogen and oxygen atoms in total. The minimum absolute atomic E-state index is 0.264. The van der Waals surface area contributed by atoms with Gasteiger partial charge in [-0.15, -0.1) is 0 Å². The van der Waals surface area contributed by atoms with Gasteiger partial charge in [0.25, 0.3) is 11.8 Å². The normalized spacial score (nSPS) is 13.2. The minimum atomic E-state index is -0.267. The highest BCUT2D eigenvalue weighted by Gasteiger charge is 2.36. The Morgan fingerprint density at radius 1 is 0.769 bits per heavy atom. The van der Waals surface area contributed by atoms with Gasteiger partial charge in [0.1, 0.15) is 0 Å². The van der Waals surface area contributed by atoms with Crippen molar-refractivity contribution in [2.24, 2.45) is 0 Å². The van der Waals surface area contributed by atoms with Crippen LogP contribution in [0.25, 0.3) is 0 Å². The summed E-state index contributed by atoms with van der Waals surface area (Å²) < 4.78 is 0. The van der Waals surface area contributed by atoms with E-state index in [-0.39, 0.29) is 11.8 Å². The molecule has 1 aliphatic heterocycles. The van der Waals surface area contributed by atoms with Crippen molar-refractivity contribution < 1.29 is 9.59 Å². The topological polar surface area (TPSA) is 63.4 Å². The molecular weight excluding hydrogens is 324 g/mol. The van der Waals surface area contributed by atoms with E-state index < -0.39 is 0 Å². The standard InChI is InChI=1S/C22H18N2O2/c1-14-2-11-19-20(12-14)22(26)24(21(19)25)18-9-5-16(6-10-18)13-15-3-7-17(23)8-4-15/h2-12H,13,23H2,1H3. The summed E-state index contributed by atoms with van der Waals surface area (Å²) >= 11 is 0. The molecule has 0 bridgehead atoms. The van der Waals surface area contributed by atoms with Crippen molar-refractivity contribution in [2.75, 3.05) is 10.6 Å². The van der Waals surface area contributed by atoms with Crippen molar-refractivity contribution in [1.82, 2.24) is 0 Å². The van der Waals surface area contributed by atoms with E-state index in [1.165, 1.54) is 4.90 Å². The number of anilines is 2. The lowest BCUT2D eigenvalue weighted by Crippen LogP contribution is -2.29. The van der Waals surface area contributed by atoms with E-state index in [1.54, 1.807) is 12.1 Å². The molecule has 128 valence electrons. The second-order valence-corrected chi connectivity index (χ2v) is 6.58. The van der Waals surface area contributed by atoms with Crippen LogP contribution in [0.5, 0.6) is 0 Å². The zero-order valence-corrected chi connectivity index (χ0v) is 14.4. The molecule has 4 rings (SSSR count). The summed E-state index contributed by atoms with van der Waals surface area (Å²) in [6.07, 6.45) is 0.766. The number of amides is 2. The third-order valence-electron chi connectivity index (χ3n) is 4.62. The molecular formula is C22H18N2O2. The summed E-state index contributed by atoms with van der Waals surface area (Å²) in [7, 11) is 0. The molecule has 2 N–H and O–H groups in total. The number of nitrogens with zero attached hydrogens (tertiary/aromatic N) is 1. The predicted octanol–water partition coefficient (Wildman–Crippen LogP) is 3.97. The fourth-order valence-corrected chi connectivity index (χ4v) is 3.22. The summed E-state index contributed by atoms with van der Waals surface area (Å²) in [6.45, 7) is 1.91. The number of rotatable bonds is 3. The summed E-state index contributed by atoms with van der Waals surface area (Å²) in [5, 5.41) is 0. The number of benzene rings is 3. The zero-order valence-electron chi connectivity index (χ0n) is 14.4. The monoisotopic (exact) mass is 342 g/mol. The molecule has 0 aliphatic carbocycles. The number of fused-ring (bicyclic) bond motifs is 1. The van der Waals surface area contributed by atoms with Gasteiger partial charge in [0.15, 0.2) is 0 Å². The first-order valence-electron chi connectivity index (χ1n) is 8.46. The Hall–Kier alpha value is -3.40. The Bertz CT molecular complexity index is 1010. The van der Waals surface area contributed by atoms with E-state index in [0.29, 0.717) is 16.8 Å². The largest absolute Gasteiger partial charge is 0.399 e. The maximum absolute atomic E-state index is 12.7. The average molecular weight is 342 g/mol.